The first-order valence-corrected chi connectivity index (χ1v) is 21.7. The molecule has 0 radical (unpaired) electrons. The Kier molecular flexibility index (Phi) is 10.4. The Balaban J connectivity index is 1.17. The van der Waals surface area contributed by atoms with Crippen LogP contribution in [0, 0.1) is 5.92 Å². The first kappa shape index (κ1) is 38.4. The van der Waals surface area contributed by atoms with Crippen molar-refractivity contribution in [2.24, 2.45) is 5.92 Å². The Hall–Kier alpha value is -3.90. The maximum absolute atomic E-state index is 16.8. The van der Waals surface area contributed by atoms with Crippen LogP contribution in [0.25, 0.3) is 10.9 Å². The Labute approximate surface area is 322 Å². The zero-order valence-corrected chi connectivity index (χ0v) is 34.2. The van der Waals surface area contributed by atoms with E-state index in [2.05, 4.69) is 31.8 Å². The van der Waals surface area contributed by atoms with E-state index >= 15 is 8.78 Å². The summed E-state index contributed by atoms with van der Waals surface area (Å²) in [5, 5.41) is 3.44. The molecular weight excluding hydrogens is 719 g/mol. The monoisotopic (exact) mass is 770 g/mol. The predicted molar refractivity (Wildman–Crippen MR) is 216 cm³/mol. The molecule has 1 saturated heterocycles. The molecule has 0 spiro atoms. The number of nitrogens with one attached hydrogen (secondary N) is 1. The van der Waals surface area contributed by atoms with Crippen LogP contribution in [0.1, 0.15) is 75.7 Å². The minimum absolute atomic E-state index is 0.179. The molecule has 0 saturated carbocycles. The molecule has 286 valence electrons. The highest BCUT2D eigenvalue weighted by Gasteiger charge is 2.52. The van der Waals surface area contributed by atoms with Gasteiger partial charge in [-0.3, -0.25) is 4.90 Å². The molecule has 2 aromatic heterocycles. The highest BCUT2D eigenvalue weighted by Crippen LogP contribution is 2.44. The van der Waals surface area contributed by atoms with Crippen molar-refractivity contribution in [1.29, 1.82) is 0 Å². The second kappa shape index (κ2) is 14.6. The highest BCUT2D eigenvalue weighted by molar-refractivity contribution is 7.11. The van der Waals surface area contributed by atoms with E-state index < -0.39 is 44.1 Å². The summed E-state index contributed by atoms with van der Waals surface area (Å²) in [7, 11) is -3.18. The number of aromatic nitrogens is 2. The summed E-state index contributed by atoms with van der Waals surface area (Å²) in [6.07, 6.45) is 3.01. The van der Waals surface area contributed by atoms with Crippen molar-refractivity contribution in [3.05, 3.63) is 112 Å². The molecule has 2 aliphatic rings. The lowest BCUT2D eigenvalue weighted by Crippen LogP contribution is -2.67. The molecule has 0 aliphatic carbocycles. The maximum atomic E-state index is 16.8. The number of thiazole rings is 1. The summed E-state index contributed by atoms with van der Waals surface area (Å²) in [6, 6.07) is 27.4. The molecule has 11 heteroatoms. The van der Waals surface area contributed by atoms with Crippen molar-refractivity contribution in [3.63, 3.8) is 0 Å². The van der Waals surface area contributed by atoms with Gasteiger partial charge in [0.15, 0.2) is 0 Å². The third-order valence-corrected chi connectivity index (χ3v) is 16.8. The molecule has 0 unspecified atom stereocenters. The first-order chi connectivity index (χ1) is 25.5. The predicted octanol–water partition coefficient (Wildman–Crippen LogP) is 8.58. The Morgan fingerprint density at radius 3 is 2.15 bits per heavy atom. The van der Waals surface area contributed by atoms with E-state index in [1.807, 2.05) is 118 Å². The van der Waals surface area contributed by atoms with Crippen LogP contribution in [-0.2, 0) is 22.0 Å². The minimum atomic E-state index is -3.18. The van der Waals surface area contributed by atoms with Gasteiger partial charge in [0, 0.05) is 46.8 Å². The summed E-state index contributed by atoms with van der Waals surface area (Å²) >= 11 is 1.58. The van der Waals surface area contributed by atoms with E-state index in [-0.39, 0.29) is 12.1 Å². The summed E-state index contributed by atoms with van der Waals surface area (Å²) in [4.78, 5) is 25.8. The van der Waals surface area contributed by atoms with Crippen LogP contribution >= 0.6 is 11.3 Å². The van der Waals surface area contributed by atoms with E-state index in [4.69, 9.17) is 14.1 Å². The number of halogens is 2. The standard InChI is InChI=1S/C43H52F2N4O3SSi/c1-29-22-35-34-20-14-15-21-36(34)47-37(35)38(39-46-24-31(53-39)23-30-25-48(26-30)40(50)52-41(2,3)4)49(29)27-43(44,45)28-51-54(42(5,6)7,32-16-10-8-11-17-32)33-18-12-9-13-19-33/h8-21,24,29-30,38,47H,22-23,25-28H2,1-7H3/t29-,38+/m1/s1. The average Bonchev–Trinajstić information content (AvgIpc) is 3.70. The van der Waals surface area contributed by atoms with E-state index in [0.717, 1.165) is 48.8 Å². The second-order valence-electron chi connectivity index (χ2n) is 17.1. The number of carbonyl (C=O) groups is 1. The second-order valence-corrected chi connectivity index (χ2v) is 22.6. The highest BCUT2D eigenvalue weighted by atomic mass is 32.1. The van der Waals surface area contributed by atoms with Crippen molar-refractivity contribution >= 4 is 47.0 Å². The van der Waals surface area contributed by atoms with Gasteiger partial charge in [-0.1, -0.05) is 99.6 Å². The molecular formula is C43H52F2N4O3SSi. The van der Waals surface area contributed by atoms with Crippen molar-refractivity contribution in [2.45, 2.75) is 90.0 Å². The Bertz CT molecular complexity index is 2030. The number of alkyl halides is 2. The molecule has 7 nitrogen and oxygen atoms in total. The number of H-pyrrole nitrogens is 1. The van der Waals surface area contributed by atoms with E-state index in [1.165, 1.54) is 0 Å². The lowest BCUT2D eigenvalue weighted by Gasteiger charge is -2.45. The fraction of sp³-hybridized carbons (Fsp3) is 0.442. The van der Waals surface area contributed by atoms with Gasteiger partial charge in [0.05, 0.1) is 13.2 Å². The molecule has 5 aromatic rings. The van der Waals surface area contributed by atoms with E-state index in [9.17, 15) is 4.79 Å². The van der Waals surface area contributed by atoms with E-state index in [0.29, 0.717) is 25.4 Å². The Morgan fingerprint density at radius 1 is 0.926 bits per heavy atom. The zero-order chi connectivity index (χ0) is 38.5. The summed E-state index contributed by atoms with van der Waals surface area (Å²) < 4.78 is 46.0. The number of benzene rings is 3. The average molecular weight is 771 g/mol. The largest absolute Gasteiger partial charge is 0.444 e. The lowest BCUT2D eigenvalue weighted by molar-refractivity contribution is -0.0821. The van der Waals surface area contributed by atoms with Crippen LogP contribution in [0.4, 0.5) is 13.6 Å². The van der Waals surface area contributed by atoms with Crippen molar-refractivity contribution < 1.29 is 22.7 Å². The molecule has 7 rings (SSSR count). The number of para-hydroxylation sites is 1. The van der Waals surface area contributed by atoms with Crippen LogP contribution in [0.5, 0.6) is 0 Å². The number of amides is 1. The molecule has 1 N–H and O–H groups in total. The Morgan fingerprint density at radius 2 is 1.54 bits per heavy atom. The summed E-state index contributed by atoms with van der Waals surface area (Å²) in [6.45, 7) is 14.0. The van der Waals surface area contributed by atoms with Gasteiger partial charge in [0.25, 0.3) is 14.2 Å². The smallest absolute Gasteiger partial charge is 0.410 e. The molecule has 1 amide bonds. The van der Waals surface area contributed by atoms with Gasteiger partial charge in [0.2, 0.25) is 0 Å². The van der Waals surface area contributed by atoms with Crippen LogP contribution in [0.2, 0.25) is 5.04 Å². The number of likely N-dealkylation sites (tertiary alicyclic amines) is 1. The van der Waals surface area contributed by atoms with Gasteiger partial charge in [-0.25, -0.2) is 18.6 Å². The number of hydrogen-bond donors (Lipinski definition) is 1. The normalized spacial score (nSPS) is 18.8. The van der Waals surface area contributed by atoms with Crippen molar-refractivity contribution in [3.8, 4) is 0 Å². The van der Waals surface area contributed by atoms with Gasteiger partial charge in [0.1, 0.15) is 16.7 Å². The number of hydrogen-bond acceptors (Lipinski definition) is 6. The van der Waals surface area contributed by atoms with Crippen LogP contribution in [-0.4, -0.2) is 78.0 Å². The number of aromatic amines is 1. The SMILES string of the molecule is C[C@@H]1Cc2c([nH]c3ccccc23)[C@@H](c2ncc(CC3CN(C(=O)OC(C)(C)C)C3)s2)N1CC(F)(F)CO[Si](c1ccccc1)(c1ccccc1)C(C)(C)C. The summed E-state index contributed by atoms with van der Waals surface area (Å²) in [5.74, 6) is -2.88. The quantitative estimate of drug-likeness (QED) is 0.144. The zero-order valence-electron chi connectivity index (χ0n) is 32.4. The molecule has 1 fully saturated rings. The molecule has 2 atom stereocenters. The van der Waals surface area contributed by atoms with Gasteiger partial charge < -0.3 is 19.0 Å². The van der Waals surface area contributed by atoms with Crippen LogP contribution in [0.3, 0.4) is 0 Å². The van der Waals surface area contributed by atoms with Crippen molar-refractivity contribution in [2.75, 3.05) is 26.2 Å². The fourth-order valence-electron chi connectivity index (χ4n) is 8.31. The molecule has 54 heavy (non-hydrogen) atoms. The summed E-state index contributed by atoms with van der Waals surface area (Å²) in [5.41, 5.74) is 2.55. The fourth-order valence-corrected chi connectivity index (χ4v) is 14.1. The minimum Gasteiger partial charge on any atom is -0.444 e. The van der Waals surface area contributed by atoms with Crippen LogP contribution in [0.15, 0.2) is 91.1 Å². The number of ether oxygens (including phenoxy) is 1. The first-order valence-electron chi connectivity index (χ1n) is 19.0. The molecule has 3 aromatic carbocycles. The topological polar surface area (TPSA) is 70.7 Å². The number of rotatable bonds is 10. The van der Waals surface area contributed by atoms with Gasteiger partial charge in [-0.2, -0.15) is 0 Å². The van der Waals surface area contributed by atoms with Gasteiger partial charge in [-0.15, -0.1) is 11.3 Å². The molecule has 0 bridgehead atoms. The van der Waals surface area contributed by atoms with E-state index in [1.54, 1.807) is 16.2 Å². The number of nitrogens with zero attached hydrogens (tertiary/aromatic N) is 3. The number of carbonyl (C=O) groups excluding carboxylic acids is 1. The number of fused-ring (bicyclic) bond motifs is 3. The van der Waals surface area contributed by atoms with Gasteiger partial charge >= 0.3 is 6.09 Å². The maximum Gasteiger partial charge on any atom is 0.410 e. The molecule has 2 aliphatic heterocycles. The van der Waals surface area contributed by atoms with Crippen LogP contribution < -0.4 is 10.4 Å². The lowest BCUT2D eigenvalue weighted by atomic mass is 9.92. The van der Waals surface area contributed by atoms with Crippen molar-refractivity contribution in [1.82, 2.24) is 19.8 Å². The third kappa shape index (κ3) is 7.65. The van der Waals surface area contributed by atoms with Gasteiger partial charge in [-0.05, 0) is 73.5 Å². The molecule has 4 heterocycles. The third-order valence-electron chi connectivity index (χ3n) is 10.8.